The number of amides is 1. The van der Waals surface area contributed by atoms with Crippen LogP contribution in [0.1, 0.15) is 10.4 Å². The average Bonchev–Trinajstić information content (AvgIpc) is 2.76. The van der Waals surface area contributed by atoms with E-state index in [-0.39, 0.29) is 12.5 Å². The van der Waals surface area contributed by atoms with Crippen molar-refractivity contribution in [3.05, 3.63) is 47.0 Å². The lowest BCUT2D eigenvalue weighted by Crippen LogP contribution is -2.27. The molecule has 2 aromatic rings. The van der Waals surface area contributed by atoms with E-state index in [1.54, 1.807) is 6.20 Å². The van der Waals surface area contributed by atoms with Gasteiger partial charge < -0.3 is 10.6 Å². The van der Waals surface area contributed by atoms with Gasteiger partial charge in [-0.2, -0.15) is 0 Å². The maximum atomic E-state index is 11.6. The molecule has 18 heavy (non-hydrogen) atoms. The Kier molecular flexibility index (Phi) is 4.44. The topological polar surface area (TPSA) is 54.0 Å². The van der Waals surface area contributed by atoms with Gasteiger partial charge in [-0.1, -0.05) is 30.3 Å². The molecule has 2 N–H and O–H groups in total. The fourth-order valence-electron chi connectivity index (χ4n) is 1.49. The van der Waals surface area contributed by atoms with Crippen LogP contribution >= 0.6 is 11.3 Å². The van der Waals surface area contributed by atoms with Crippen LogP contribution in [0.3, 0.4) is 0 Å². The summed E-state index contributed by atoms with van der Waals surface area (Å²) in [6.07, 6.45) is 1.75. The summed E-state index contributed by atoms with van der Waals surface area (Å²) >= 11 is 1.48. The zero-order chi connectivity index (χ0) is 12.8. The van der Waals surface area contributed by atoms with Crippen LogP contribution in [-0.2, 0) is 11.3 Å². The van der Waals surface area contributed by atoms with Gasteiger partial charge in [-0.15, -0.1) is 11.3 Å². The predicted molar refractivity (Wildman–Crippen MR) is 73.6 cm³/mol. The number of rotatable bonds is 5. The van der Waals surface area contributed by atoms with E-state index in [0.29, 0.717) is 11.7 Å². The minimum atomic E-state index is -0.0692. The minimum absolute atomic E-state index is 0.0692. The molecule has 5 heteroatoms. The van der Waals surface area contributed by atoms with E-state index in [1.165, 1.54) is 11.3 Å². The lowest BCUT2D eigenvalue weighted by atomic mass is 10.2. The van der Waals surface area contributed by atoms with Gasteiger partial charge >= 0.3 is 0 Å². The molecular formula is C13H15N3OS. The van der Waals surface area contributed by atoms with Crippen molar-refractivity contribution in [1.29, 1.82) is 0 Å². The van der Waals surface area contributed by atoms with E-state index in [4.69, 9.17) is 0 Å². The molecule has 1 amide bonds. The van der Waals surface area contributed by atoms with Gasteiger partial charge in [0.2, 0.25) is 5.91 Å². The number of aromatic nitrogens is 1. The van der Waals surface area contributed by atoms with Crippen LogP contribution in [0.2, 0.25) is 0 Å². The van der Waals surface area contributed by atoms with E-state index in [1.807, 2.05) is 37.3 Å². The Morgan fingerprint density at radius 3 is 2.78 bits per heavy atom. The average molecular weight is 261 g/mol. The molecule has 2 rings (SSSR count). The number of hydrogen-bond acceptors (Lipinski definition) is 4. The fraction of sp³-hybridized carbons (Fsp3) is 0.231. The van der Waals surface area contributed by atoms with Crippen molar-refractivity contribution in [2.75, 3.05) is 11.9 Å². The third kappa shape index (κ3) is 3.94. The molecule has 4 nitrogen and oxygen atoms in total. The Bertz CT molecular complexity index is 510. The highest BCUT2D eigenvalue weighted by atomic mass is 32.1. The summed E-state index contributed by atoms with van der Waals surface area (Å²) in [5, 5.41) is 6.50. The van der Waals surface area contributed by atoms with Gasteiger partial charge in [-0.05, 0) is 12.5 Å². The van der Waals surface area contributed by atoms with Crippen molar-refractivity contribution in [1.82, 2.24) is 10.3 Å². The first-order chi connectivity index (χ1) is 8.74. The zero-order valence-electron chi connectivity index (χ0n) is 10.1. The van der Waals surface area contributed by atoms with Gasteiger partial charge in [0.25, 0.3) is 0 Å². The van der Waals surface area contributed by atoms with Crippen LogP contribution in [0.25, 0.3) is 0 Å². The first kappa shape index (κ1) is 12.7. The molecule has 0 saturated heterocycles. The van der Waals surface area contributed by atoms with Crippen molar-refractivity contribution in [2.45, 2.75) is 13.5 Å². The molecule has 0 aliphatic carbocycles. The van der Waals surface area contributed by atoms with Crippen LogP contribution in [0.5, 0.6) is 0 Å². The predicted octanol–water partition coefficient (Wildman–Crippen LogP) is 2.18. The Labute approximate surface area is 110 Å². The second-order valence-corrected chi connectivity index (χ2v) is 5.15. The Morgan fingerprint density at radius 2 is 2.11 bits per heavy atom. The fourth-order valence-corrected chi connectivity index (χ4v) is 2.17. The molecule has 94 valence electrons. The molecule has 0 radical (unpaired) electrons. The maximum absolute atomic E-state index is 11.6. The monoisotopic (exact) mass is 261 g/mol. The minimum Gasteiger partial charge on any atom is -0.304 e. The molecule has 0 unspecified atom stereocenters. The molecule has 0 saturated carbocycles. The second-order valence-electron chi connectivity index (χ2n) is 3.91. The summed E-state index contributed by atoms with van der Waals surface area (Å²) in [5.74, 6) is -0.0692. The van der Waals surface area contributed by atoms with Crippen LogP contribution in [0.4, 0.5) is 5.13 Å². The molecule has 0 aliphatic rings. The van der Waals surface area contributed by atoms with Crippen LogP contribution < -0.4 is 10.6 Å². The van der Waals surface area contributed by atoms with E-state index in [2.05, 4.69) is 15.6 Å². The Hall–Kier alpha value is -1.72. The van der Waals surface area contributed by atoms with E-state index in [0.717, 1.165) is 10.4 Å². The third-order valence-corrected chi connectivity index (χ3v) is 3.15. The lowest BCUT2D eigenvalue weighted by molar-refractivity contribution is -0.115. The van der Waals surface area contributed by atoms with Gasteiger partial charge in [0, 0.05) is 17.6 Å². The van der Waals surface area contributed by atoms with Gasteiger partial charge in [-0.25, -0.2) is 4.98 Å². The van der Waals surface area contributed by atoms with Gasteiger partial charge in [-0.3, -0.25) is 4.79 Å². The number of hydrogen-bond donors (Lipinski definition) is 2. The Morgan fingerprint density at radius 1 is 1.33 bits per heavy atom. The quantitative estimate of drug-likeness (QED) is 0.867. The number of anilines is 1. The normalized spacial score (nSPS) is 10.3. The highest BCUT2D eigenvalue weighted by Gasteiger charge is 2.04. The van der Waals surface area contributed by atoms with E-state index < -0.39 is 0 Å². The van der Waals surface area contributed by atoms with Gasteiger partial charge in [0.1, 0.15) is 0 Å². The molecule has 0 bridgehead atoms. The number of nitrogens with one attached hydrogen (secondary N) is 2. The van der Waals surface area contributed by atoms with Crippen LogP contribution in [-0.4, -0.2) is 17.4 Å². The van der Waals surface area contributed by atoms with Gasteiger partial charge in [0.05, 0.1) is 6.54 Å². The number of carbonyl (C=O) groups is 1. The van der Waals surface area contributed by atoms with Gasteiger partial charge in [0.15, 0.2) is 5.13 Å². The van der Waals surface area contributed by atoms with Crippen LogP contribution in [0.15, 0.2) is 36.5 Å². The van der Waals surface area contributed by atoms with Crippen LogP contribution in [0, 0.1) is 6.92 Å². The summed E-state index contributed by atoms with van der Waals surface area (Å²) in [6.45, 7) is 2.93. The zero-order valence-corrected chi connectivity index (χ0v) is 11.0. The first-order valence-electron chi connectivity index (χ1n) is 5.71. The smallest absolute Gasteiger partial charge is 0.240 e. The molecule has 0 fully saturated rings. The van der Waals surface area contributed by atoms with Crippen molar-refractivity contribution in [3.63, 3.8) is 0 Å². The second kappa shape index (κ2) is 6.28. The largest absolute Gasteiger partial charge is 0.304 e. The van der Waals surface area contributed by atoms with Crippen molar-refractivity contribution >= 4 is 22.4 Å². The highest BCUT2D eigenvalue weighted by Crippen LogP contribution is 2.15. The number of nitrogens with zero attached hydrogens (tertiary/aromatic N) is 1. The maximum Gasteiger partial charge on any atom is 0.240 e. The van der Waals surface area contributed by atoms with Crippen molar-refractivity contribution in [3.8, 4) is 0 Å². The lowest BCUT2D eigenvalue weighted by Gasteiger charge is -2.04. The molecule has 1 aromatic heterocycles. The first-order valence-corrected chi connectivity index (χ1v) is 6.52. The molecule has 1 heterocycles. The number of benzene rings is 1. The van der Waals surface area contributed by atoms with E-state index >= 15 is 0 Å². The number of carbonyl (C=O) groups excluding carboxylic acids is 1. The number of thiazole rings is 1. The number of aryl methyl sites for hydroxylation is 1. The third-order valence-electron chi connectivity index (χ3n) is 2.33. The van der Waals surface area contributed by atoms with Crippen molar-refractivity contribution < 1.29 is 4.79 Å². The SMILES string of the molecule is Cc1cnc(NC(=O)CNCc2ccccc2)s1. The summed E-state index contributed by atoms with van der Waals surface area (Å²) < 4.78 is 0. The molecule has 0 atom stereocenters. The summed E-state index contributed by atoms with van der Waals surface area (Å²) in [7, 11) is 0. The summed E-state index contributed by atoms with van der Waals surface area (Å²) in [4.78, 5) is 16.8. The highest BCUT2D eigenvalue weighted by molar-refractivity contribution is 7.15. The standard InChI is InChI=1S/C13H15N3OS/c1-10-7-15-13(18-10)16-12(17)9-14-8-11-5-3-2-4-6-11/h2-7,14H,8-9H2,1H3,(H,15,16,17). The Balaban J connectivity index is 1.72. The summed E-state index contributed by atoms with van der Waals surface area (Å²) in [6, 6.07) is 9.98. The van der Waals surface area contributed by atoms with Crippen molar-refractivity contribution in [2.24, 2.45) is 0 Å². The molecule has 0 aliphatic heterocycles. The van der Waals surface area contributed by atoms with E-state index in [9.17, 15) is 4.79 Å². The molecule has 1 aromatic carbocycles. The molecule has 0 spiro atoms. The summed E-state index contributed by atoms with van der Waals surface area (Å²) in [5.41, 5.74) is 1.16. The molecular weight excluding hydrogens is 246 g/mol.